The maximum Gasteiger partial charge on any atom is 0.223 e. The first kappa shape index (κ1) is 14.0. The van der Waals surface area contributed by atoms with E-state index in [9.17, 15) is 19.8 Å². The molecule has 0 aliphatic heterocycles. The second-order valence-electron chi connectivity index (χ2n) is 4.18. The second-order valence-corrected chi connectivity index (χ2v) is 4.18. The zero-order chi connectivity index (χ0) is 13.0. The predicted molar refractivity (Wildman–Crippen MR) is 55.8 cm³/mol. The minimum Gasteiger partial charge on any atom is -0.394 e. The van der Waals surface area contributed by atoms with Crippen LogP contribution in [0, 0.1) is 5.92 Å². The van der Waals surface area contributed by atoms with Crippen molar-refractivity contribution in [2.45, 2.75) is 37.2 Å². The van der Waals surface area contributed by atoms with E-state index < -0.39 is 31.0 Å². The average molecular weight is 247 g/mol. The van der Waals surface area contributed by atoms with Gasteiger partial charge in [0.05, 0.1) is 6.61 Å². The van der Waals surface area contributed by atoms with Crippen molar-refractivity contribution in [2.24, 2.45) is 5.92 Å². The first-order chi connectivity index (χ1) is 8.01. The van der Waals surface area contributed by atoms with Gasteiger partial charge >= 0.3 is 0 Å². The standard InChI is InChI=1S/C10H17NO6/c12-3-6(11-10(17)5-1-2-5)8(15)9(16)7(14)4-13/h3,5-9,13-16H,1-2,4H2,(H,11,17)/t6-,7+,8+,9-/m0/s1. The number of aldehydes is 1. The lowest BCUT2D eigenvalue weighted by atomic mass is 10.0. The van der Waals surface area contributed by atoms with E-state index in [1.165, 1.54) is 0 Å². The summed E-state index contributed by atoms with van der Waals surface area (Å²) in [4.78, 5) is 22.1. The van der Waals surface area contributed by atoms with E-state index in [-0.39, 0.29) is 18.1 Å². The van der Waals surface area contributed by atoms with Gasteiger partial charge in [-0.25, -0.2) is 0 Å². The Kier molecular flexibility index (Phi) is 5.01. The summed E-state index contributed by atoms with van der Waals surface area (Å²) in [6, 6.07) is -1.29. The lowest BCUT2D eigenvalue weighted by Gasteiger charge is -2.26. The Morgan fingerprint density at radius 1 is 1.29 bits per heavy atom. The van der Waals surface area contributed by atoms with Crippen molar-refractivity contribution in [3.05, 3.63) is 0 Å². The summed E-state index contributed by atoms with van der Waals surface area (Å²) in [5.41, 5.74) is 0. The molecule has 0 unspecified atom stereocenters. The molecule has 1 amide bonds. The van der Waals surface area contributed by atoms with Gasteiger partial charge in [-0.05, 0) is 12.8 Å². The van der Waals surface area contributed by atoms with Crippen LogP contribution >= 0.6 is 0 Å². The number of aliphatic hydroxyl groups excluding tert-OH is 4. The minimum absolute atomic E-state index is 0.135. The lowest BCUT2D eigenvalue weighted by Crippen LogP contribution is -2.53. The Labute approximate surface area is 98.1 Å². The molecule has 1 rings (SSSR count). The molecule has 0 aromatic heterocycles. The summed E-state index contributed by atoms with van der Waals surface area (Å²) in [6.07, 6.45) is -3.14. The fourth-order valence-corrected chi connectivity index (χ4v) is 1.38. The zero-order valence-electron chi connectivity index (χ0n) is 9.19. The van der Waals surface area contributed by atoms with Crippen molar-refractivity contribution >= 4 is 12.2 Å². The fourth-order valence-electron chi connectivity index (χ4n) is 1.38. The van der Waals surface area contributed by atoms with Gasteiger partial charge in [-0.15, -0.1) is 0 Å². The van der Waals surface area contributed by atoms with Crippen LogP contribution in [0.1, 0.15) is 12.8 Å². The Morgan fingerprint density at radius 3 is 2.29 bits per heavy atom. The van der Waals surface area contributed by atoms with Gasteiger partial charge in [0.2, 0.25) is 5.91 Å². The summed E-state index contributed by atoms with van der Waals surface area (Å²) in [5.74, 6) is -0.489. The number of nitrogens with one attached hydrogen (secondary N) is 1. The largest absolute Gasteiger partial charge is 0.394 e. The van der Waals surface area contributed by atoms with Gasteiger partial charge in [-0.2, -0.15) is 0 Å². The number of aliphatic hydroxyl groups is 4. The van der Waals surface area contributed by atoms with Crippen LogP contribution in [-0.2, 0) is 9.59 Å². The highest BCUT2D eigenvalue weighted by atomic mass is 16.4. The van der Waals surface area contributed by atoms with E-state index in [1.54, 1.807) is 0 Å². The molecule has 5 N–H and O–H groups in total. The Balaban J connectivity index is 2.52. The van der Waals surface area contributed by atoms with E-state index in [2.05, 4.69) is 5.32 Å². The van der Waals surface area contributed by atoms with Crippen LogP contribution in [0.5, 0.6) is 0 Å². The molecule has 7 heteroatoms. The van der Waals surface area contributed by atoms with Crippen LogP contribution in [0.3, 0.4) is 0 Å². The van der Waals surface area contributed by atoms with Crippen LogP contribution in [-0.4, -0.2) is 63.6 Å². The first-order valence-corrected chi connectivity index (χ1v) is 5.42. The molecule has 0 heterocycles. The Hall–Kier alpha value is -1.02. The molecule has 7 nitrogen and oxygen atoms in total. The quantitative estimate of drug-likeness (QED) is 0.308. The van der Waals surface area contributed by atoms with Crippen molar-refractivity contribution in [3.63, 3.8) is 0 Å². The third kappa shape index (κ3) is 3.74. The molecule has 98 valence electrons. The van der Waals surface area contributed by atoms with Crippen LogP contribution in [0.25, 0.3) is 0 Å². The summed E-state index contributed by atoms with van der Waals surface area (Å²) in [7, 11) is 0. The third-order valence-corrected chi connectivity index (χ3v) is 2.70. The summed E-state index contributed by atoms with van der Waals surface area (Å²) in [6.45, 7) is -0.750. The number of hydrogen-bond acceptors (Lipinski definition) is 6. The van der Waals surface area contributed by atoms with E-state index >= 15 is 0 Å². The summed E-state index contributed by atoms with van der Waals surface area (Å²) >= 11 is 0. The van der Waals surface area contributed by atoms with Crippen molar-refractivity contribution in [3.8, 4) is 0 Å². The van der Waals surface area contributed by atoms with Crippen LogP contribution in [0.2, 0.25) is 0 Å². The number of amides is 1. The molecule has 0 spiro atoms. The van der Waals surface area contributed by atoms with Crippen LogP contribution in [0.15, 0.2) is 0 Å². The van der Waals surface area contributed by atoms with E-state index in [0.717, 1.165) is 12.8 Å². The molecule has 4 atom stereocenters. The monoisotopic (exact) mass is 247 g/mol. The van der Waals surface area contributed by atoms with E-state index in [4.69, 9.17) is 10.2 Å². The van der Waals surface area contributed by atoms with Crippen molar-refractivity contribution in [2.75, 3.05) is 6.61 Å². The number of rotatable bonds is 7. The zero-order valence-corrected chi connectivity index (χ0v) is 9.19. The molecule has 1 fully saturated rings. The van der Waals surface area contributed by atoms with Gasteiger partial charge < -0.3 is 30.5 Å². The van der Waals surface area contributed by atoms with Gasteiger partial charge in [-0.3, -0.25) is 4.79 Å². The predicted octanol–water partition coefficient (Wildman–Crippen LogP) is -2.84. The lowest BCUT2D eigenvalue weighted by molar-refractivity contribution is -0.131. The fraction of sp³-hybridized carbons (Fsp3) is 0.800. The SMILES string of the molecule is O=C[C@H](NC(=O)C1CC1)[C@@H](O)[C@@H](O)[C@H](O)CO. The van der Waals surface area contributed by atoms with Gasteiger partial charge in [0.1, 0.15) is 30.6 Å². The average Bonchev–Trinajstić information content (AvgIpc) is 3.16. The molecule has 0 aromatic rings. The molecular weight excluding hydrogens is 230 g/mol. The molecule has 0 bridgehead atoms. The summed E-state index contributed by atoms with van der Waals surface area (Å²) in [5, 5.41) is 38.9. The molecule has 1 saturated carbocycles. The van der Waals surface area contributed by atoms with Crippen molar-refractivity contribution in [1.82, 2.24) is 5.32 Å². The molecule has 1 aliphatic carbocycles. The summed E-state index contributed by atoms with van der Waals surface area (Å²) < 4.78 is 0. The van der Waals surface area contributed by atoms with Gasteiger partial charge in [0.15, 0.2) is 0 Å². The van der Waals surface area contributed by atoms with E-state index in [1.807, 2.05) is 0 Å². The molecule has 0 aromatic carbocycles. The Morgan fingerprint density at radius 2 is 1.88 bits per heavy atom. The normalized spacial score (nSPS) is 22.4. The third-order valence-electron chi connectivity index (χ3n) is 2.70. The van der Waals surface area contributed by atoms with Crippen molar-refractivity contribution in [1.29, 1.82) is 0 Å². The van der Waals surface area contributed by atoms with E-state index in [0.29, 0.717) is 0 Å². The Bertz CT molecular complexity index is 280. The topological polar surface area (TPSA) is 127 Å². The van der Waals surface area contributed by atoms with Crippen LogP contribution < -0.4 is 5.32 Å². The molecule has 17 heavy (non-hydrogen) atoms. The number of carbonyl (C=O) groups excluding carboxylic acids is 2. The number of hydrogen-bond donors (Lipinski definition) is 5. The van der Waals surface area contributed by atoms with Gasteiger partial charge in [0, 0.05) is 5.92 Å². The molecule has 0 radical (unpaired) electrons. The highest BCUT2D eigenvalue weighted by molar-refractivity contribution is 5.83. The minimum atomic E-state index is -1.70. The van der Waals surface area contributed by atoms with Crippen molar-refractivity contribution < 1.29 is 30.0 Å². The highest BCUT2D eigenvalue weighted by Crippen LogP contribution is 2.28. The highest BCUT2D eigenvalue weighted by Gasteiger charge is 2.35. The molecule has 0 saturated heterocycles. The molecule has 1 aliphatic rings. The van der Waals surface area contributed by atoms with Gasteiger partial charge in [0.25, 0.3) is 0 Å². The van der Waals surface area contributed by atoms with Crippen LogP contribution in [0.4, 0.5) is 0 Å². The van der Waals surface area contributed by atoms with Gasteiger partial charge in [-0.1, -0.05) is 0 Å². The number of carbonyl (C=O) groups is 2. The first-order valence-electron chi connectivity index (χ1n) is 5.42. The molecular formula is C10H17NO6. The maximum atomic E-state index is 11.4. The second kappa shape index (κ2) is 6.06. The maximum absolute atomic E-state index is 11.4. The smallest absolute Gasteiger partial charge is 0.223 e.